The molecule has 0 aromatic carbocycles. The van der Waals surface area contributed by atoms with Crippen molar-refractivity contribution in [3.05, 3.63) is 10.0 Å². The molecule has 0 aliphatic rings. The van der Waals surface area contributed by atoms with Crippen LogP contribution in [-0.2, 0) is 6.54 Å². The highest BCUT2D eigenvalue weighted by atomic mass is 32.1. The largest absolute Gasteiger partial charge is 0.324 e. The smallest absolute Gasteiger partial charge is 0.131 e. The van der Waals surface area contributed by atoms with E-state index < -0.39 is 0 Å². The van der Waals surface area contributed by atoms with Crippen LogP contribution in [0, 0.1) is 6.92 Å². The van der Waals surface area contributed by atoms with Gasteiger partial charge in [-0.1, -0.05) is 0 Å². The summed E-state index contributed by atoms with van der Waals surface area (Å²) in [5.41, 5.74) is 5.27. The third-order valence-corrected chi connectivity index (χ3v) is 1.60. The zero-order valence-corrected chi connectivity index (χ0v) is 5.40. The molecule has 2 N–H and O–H groups in total. The average Bonchev–Trinajstić information content (AvgIpc) is 2.14. The summed E-state index contributed by atoms with van der Waals surface area (Å²) in [4.78, 5) is 0. The first-order valence-corrected chi connectivity index (χ1v) is 3.13. The quantitative estimate of drug-likeness (QED) is 0.593. The summed E-state index contributed by atoms with van der Waals surface area (Å²) in [6, 6.07) is 0. The van der Waals surface area contributed by atoms with Gasteiger partial charge in [0, 0.05) is 6.54 Å². The van der Waals surface area contributed by atoms with Gasteiger partial charge in [-0.15, -0.1) is 21.5 Å². The van der Waals surface area contributed by atoms with Crippen molar-refractivity contribution in [2.75, 3.05) is 0 Å². The van der Waals surface area contributed by atoms with Crippen LogP contribution in [0.15, 0.2) is 0 Å². The summed E-state index contributed by atoms with van der Waals surface area (Å²) >= 11 is 1.54. The number of aromatic nitrogens is 2. The lowest BCUT2D eigenvalue weighted by Crippen LogP contribution is -1.94. The Balaban J connectivity index is 2.84. The van der Waals surface area contributed by atoms with Crippen molar-refractivity contribution in [2.24, 2.45) is 5.73 Å². The Morgan fingerprint density at radius 1 is 1.62 bits per heavy atom. The van der Waals surface area contributed by atoms with Crippen LogP contribution in [0.3, 0.4) is 0 Å². The lowest BCUT2D eigenvalue weighted by atomic mass is 10.7. The second-order valence-corrected chi connectivity index (χ2v) is 2.69. The first-order chi connectivity index (χ1) is 3.83. The second kappa shape index (κ2) is 2.19. The summed E-state index contributed by atoms with van der Waals surface area (Å²) in [7, 11) is 0. The Morgan fingerprint density at radius 2 is 2.38 bits per heavy atom. The molecular weight excluding hydrogens is 122 g/mol. The summed E-state index contributed by atoms with van der Waals surface area (Å²) < 4.78 is 0. The van der Waals surface area contributed by atoms with Crippen LogP contribution < -0.4 is 5.73 Å². The normalized spacial score (nSPS) is 9.75. The van der Waals surface area contributed by atoms with Crippen LogP contribution in [0.2, 0.25) is 0 Å². The Morgan fingerprint density at radius 3 is 2.62 bits per heavy atom. The predicted molar refractivity (Wildman–Crippen MR) is 32.5 cm³/mol. The van der Waals surface area contributed by atoms with Gasteiger partial charge in [0.25, 0.3) is 0 Å². The molecule has 4 heteroatoms. The molecule has 1 aromatic heterocycles. The molecule has 0 spiro atoms. The minimum absolute atomic E-state index is 0.505. The van der Waals surface area contributed by atoms with Crippen LogP contribution in [0.25, 0.3) is 0 Å². The highest BCUT2D eigenvalue weighted by Gasteiger charge is 1.93. The Labute approximate surface area is 51.5 Å². The van der Waals surface area contributed by atoms with Gasteiger partial charge in [-0.25, -0.2) is 0 Å². The van der Waals surface area contributed by atoms with Gasteiger partial charge >= 0.3 is 0 Å². The van der Waals surface area contributed by atoms with Crippen LogP contribution in [0.1, 0.15) is 10.0 Å². The van der Waals surface area contributed by atoms with Crippen LogP contribution in [0.5, 0.6) is 0 Å². The van der Waals surface area contributed by atoms with Crippen molar-refractivity contribution < 1.29 is 0 Å². The SMILES string of the molecule is Cc1nnc(CN)s1. The number of hydrogen-bond donors (Lipinski definition) is 1. The van der Waals surface area contributed by atoms with Gasteiger partial charge in [-0.3, -0.25) is 0 Å². The van der Waals surface area contributed by atoms with Crippen molar-refractivity contribution in [1.82, 2.24) is 10.2 Å². The molecule has 1 rings (SSSR count). The number of nitrogens with two attached hydrogens (primary N) is 1. The predicted octanol–water partition coefficient (Wildman–Crippen LogP) is 0.305. The lowest BCUT2D eigenvalue weighted by Gasteiger charge is -1.76. The summed E-state index contributed by atoms with van der Waals surface area (Å²) in [6.45, 7) is 2.42. The fourth-order valence-electron chi connectivity index (χ4n) is 0.420. The van der Waals surface area contributed by atoms with Gasteiger partial charge in [0.15, 0.2) is 0 Å². The number of rotatable bonds is 1. The molecule has 3 nitrogen and oxygen atoms in total. The van der Waals surface area contributed by atoms with Crippen LogP contribution in [-0.4, -0.2) is 10.2 Å². The fraction of sp³-hybridized carbons (Fsp3) is 0.500. The first kappa shape index (κ1) is 5.65. The molecule has 0 amide bonds. The van der Waals surface area contributed by atoms with E-state index in [0.29, 0.717) is 6.54 Å². The summed E-state index contributed by atoms with van der Waals surface area (Å²) in [6.07, 6.45) is 0. The number of hydrogen-bond acceptors (Lipinski definition) is 4. The maximum atomic E-state index is 5.27. The molecule has 1 aromatic rings. The lowest BCUT2D eigenvalue weighted by molar-refractivity contribution is 0.945. The van der Waals surface area contributed by atoms with Gasteiger partial charge in [-0.05, 0) is 6.92 Å². The molecule has 0 fully saturated rings. The third-order valence-electron chi connectivity index (χ3n) is 0.742. The summed E-state index contributed by atoms with van der Waals surface area (Å²) in [5.74, 6) is 0. The molecule has 0 saturated heterocycles. The van der Waals surface area contributed by atoms with E-state index in [1.54, 1.807) is 11.3 Å². The second-order valence-electron chi connectivity index (χ2n) is 1.42. The van der Waals surface area contributed by atoms with E-state index in [2.05, 4.69) is 10.2 Å². The Hall–Kier alpha value is -0.480. The van der Waals surface area contributed by atoms with E-state index in [9.17, 15) is 0 Å². The zero-order chi connectivity index (χ0) is 5.98. The van der Waals surface area contributed by atoms with Gasteiger partial charge < -0.3 is 5.73 Å². The monoisotopic (exact) mass is 129 g/mol. The van der Waals surface area contributed by atoms with Crippen molar-refractivity contribution in [1.29, 1.82) is 0 Å². The van der Waals surface area contributed by atoms with E-state index in [0.717, 1.165) is 10.0 Å². The summed E-state index contributed by atoms with van der Waals surface area (Å²) in [5, 5.41) is 9.44. The van der Waals surface area contributed by atoms with Crippen LogP contribution in [0.4, 0.5) is 0 Å². The maximum Gasteiger partial charge on any atom is 0.131 e. The molecule has 0 aliphatic heterocycles. The molecule has 0 atom stereocenters. The molecule has 1 heterocycles. The van der Waals surface area contributed by atoms with Gasteiger partial charge in [0.2, 0.25) is 0 Å². The van der Waals surface area contributed by atoms with Gasteiger partial charge in [0.1, 0.15) is 10.0 Å². The molecule has 0 saturated carbocycles. The molecule has 44 valence electrons. The zero-order valence-electron chi connectivity index (χ0n) is 4.59. The fourth-order valence-corrected chi connectivity index (χ4v) is 1.01. The van der Waals surface area contributed by atoms with E-state index in [1.165, 1.54) is 0 Å². The molecule has 0 unspecified atom stereocenters. The van der Waals surface area contributed by atoms with Gasteiger partial charge in [0.05, 0.1) is 0 Å². The Bertz CT molecular complexity index is 172. The molecule has 8 heavy (non-hydrogen) atoms. The van der Waals surface area contributed by atoms with Crippen LogP contribution >= 0.6 is 11.3 Å². The highest BCUT2D eigenvalue weighted by molar-refractivity contribution is 7.11. The molecule has 0 bridgehead atoms. The standard InChI is InChI=1S/C4H7N3S/c1-3-6-7-4(2-5)8-3/h2,5H2,1H3. The first-order valence-electron chi connectivity index (χ1n) is 2.32. The topological polar surface area (TPSA) is 51.8 Å². The van der Waals surface area contributed by atoms with Crippen molar-refractivity contribution in [3.63, 3.8) is 0 Å². The van der Waals surface area contributed by atoms with Gasteiger partial charge in [-0.2, -0.15) is 0 Å². The third kappa shape index (κ3) is 1.02. The van der Waals surface area contributed by atoms with Crippen molar-refractivity contribution in [3.8, 4) is 0 Å². The molecular formula is C4H7N3S. The highest BCUT2D eigenvalue weighted by Crippen LogP contribution is 2.05. The number of nitrogens with zero attached hydrogens (tertiary/aromatic N) is 2. The van der Waals surface area contributed by atoms with E-state index >= 15 is 0 Å². The maximum absolute atomic E-state index is 5.27. The molecule has 0 aliphatic carbocycles. The van der Waals surface area contributed by atoms with E-state index in [4.69, 9.17) is 5.73 Å². The number of aryl methyl sites for hydroxylation is 1. The van der Waals surface area contributed by atoms with E-state index in [1.807, 2.05) is 6.92 Å². The van der Waals surface area contributed by atoms with Crippen molar-refractivity contribution >= 4 is 11.3 Å². The minimum atomic E-state index is 0.505. The molecule has 0 radical (unpaired) electrons. The Kier molecular flexibility index (Phi) is 1.55. The van der Waals surface area contributed by atoms with E-state index in [-0.39, 0.29) is 0 Å². The van der Waals surface area contributed by atoms with Crippen molar-refractivity contribution in [2.45, 2.75) is 13.5 Å². The average molecular weight is 129 g/mol. The minimum Gasteiger partial charge on any atom is -0.324 e.